The Labute approximate surface area is 128 Å². The molecule has 114 valence electrons. The van der Waals surface area contributed by atoms with Crippen LogP contribution in [0.3, 0.4) is 0 Å². The Bertz CT molecular complexity index is 574. The van der Waals surface area contributed by atoms with Crippen LogP contribution in [0.2, 0.25) is 0 Å². The lowest BCUT2D eigenvalue weighted by Crippen LogP contribution is -2.08. The van der Waals surface area contributed by atoms with E-state index in [1.54, 1.807) is 18.9 Å². The third-order valence-electron chi connectivity index (χ3n) is 2.93. The standard InChI is InChI=1S/C14H20N4O2S/c1-3-18-13(10-15)16-17-14(18)21-9-8-20-12-7-5-4-6-11(12)19-2/h4-7H,3,8-10,15H2,1-2H3. The molecule has 0 aliphatic heterocycles. The van der Waals surface area contributed by atoms with Crippen LogP contribution in [0.25, 0.3) is 0 Å². The number of nitrogens with zero attached hydrogens (tertiary/aromatic N) is 3. The van der Waals surface area contributed by atoms with Crippen LogP contribution in [0.15, 0.2) is 29.4 Å². The summed E-state index contributed by atoms with van der Waals surface area (Å²) in [5.74, 6) is 3.08. The molecule has 0 saturated carbocycles. The maximum atomic E-state index is 5.73. The molecule has 0 bridgehead atoms. The highest BCUT2D eigenvalue weighted by molar-refractivity contribution is 7.99. The highest BCUT2D eigenvalue weighted by Crippen LogP contribution is 2.26. The lowest BCUT2D eigenvalue weighted by molar-refractivity contribution is 0.313. The lowest BCUT2D eigenvalue weighted by Gasteiger charge is -2.10. The molecule has 1 aromatic heterocycles. The van der Waals surface area contributed by atoms with Crippen molar-refractivity contribution < 1.29 is 9.47 Å². The first-order valence-corrected chi connectivity index (χ1v) is 7.79. The summed E-state index contributed by atoms with van der Waals surface area (Å²) in [5.41, 5.74) is 5.63. The number of hydrogen-bond donors (Lipinski definition) is 1. The molecular weight excluding hydrogens is 288 g/mol. The third kappa shape index (κ3) is 3.89. The second kappa shape index (κ2) is 7.90. The van der Waals surface area contributed by atoms with Gasteiger partial charge in [0.1, 0.15) is 5.82 Å². The minimum atomic E-state index is 0.402. The number of para-hydroxylation sites is 2. The maximum absolute atomic E-state index is 5.73. The number of rotatable bonds is 8. The molecule has 0 aliphatic carbocycles. The summed E-state index contributed by atoms with van der Waals surface area (Å²) < 4.78 is 13.0. The minimum Gasteiger partial charge on any atom is -0.493 e. The topological polar surface area (TPSA) is 75.2 Å². The largest absolute Gasteiger partial charge is 0.493 e. The van der Waals surface area contributed by atoms with Crippen molar-refractivity contribution in [1.29, 1.82) is 0 Å². The Morgan fingerprint density at radius 2 is 2.00 bits per heavy atom. The molecule has 0 aliphatic rings. The summed E-state index contributed by atoms with van der Waals surface area (Å²) in [4.78, 5) is 0. The van der Waals surface area contributed by atoms with Crippen LogP contribution < -0.4 is 15.2 Å². The zero-order valence-corrected chi connectivity index (χ0v) is 13.1. The van der Waals surface area contributed by atoms with E-state index in [2.05, 4.69) is 17.1 Å². The van der Waals surface area contributed by atoms with Crippen molar-refractivity contribution in [3.05, 3.63) is 30.1 Å². The van der Waals surface area contributed by atoms with E-state index in [1.807, 2.05) is 28.8 Å². The van der Waals surface area contributed by atoms with Crippen LogP contribution in [0.5, 0.6) is 11.5 Å². The first kappa shape index (κ1) is 15.7. The lowest BCUT2D eigenvalue weighted by atomic mass is 10.3. The average Bonchev–Trinajstić information content (AvgIpc) is 2.93. The smallest absolute Gasteiger partial charge is 0.191 e. The van der Waals surface area contributed by atoms with Gasteiger partial charge in [-0.25, -0.2) is 0 Å². The van der Waals surface area contributed by atoms with Crippen molar-refractivity contribution >= 4 is 11.8 Å². The summed E-state index contributed by atoms with van der Waals surface area (Å²) in [6.07, 6.45) is 0. The van der Waals surface area contributed by atoms with E-state index in [4.69, 9.17) is 15.2 Å². The second-order valence-electron chi connectivity index (χ2n) is 4.19. The van der Waals surface area contributed by atoms with E-state index in [-0.39, 0.29) is 0 Å². The van der Waals surface area contributed by atoms with Gasteiger partial charge in [0.05, 0.1) is 20.3 Å². The van der Waals surface area contributed by atoms with E-state index < -0.39 is 0 Å². The molecular formula is C14H20N4O2S. The van der Waals surface area contributed by atoms with E-state index in [9.17, 15) is 0 Å². The Morgan fingerprint density at radius 1 is 1.24 bits per heavy atom. The Morgan fingerprint density at radius 3 is 2.67 bits per heavy atom. The molecule has 1 heterocycles. The summed E-state index contributed by atoms with van der Waals surface area (Å²) in [6, 6.07) is 7.61. The number of nitrogens with two attached hydrogens (primary N) is 1. The number of ether oxygens (including phenoxy) is 2. The van der Waals surface area contributed by atoms with E-state index in [0.717, 1.165) is 34.8 Å². The van der Waals surface area contributed by atoms with Gasteiger partial charge in [-0.1, -0.05) is 23.9 Å². The Balaban J connectivity index is 1.86. The molecule has 6 nitrogen and oxygen atoms in total. The summed E-state index contributed by atoms with van der Waals surface area (Å²) in [5, 5.41) is 9.10. The first-order chi connectivity index (χ1) is 10.3. The quantitative estimate of drug-likeness (QED) is 0.593. The van der Waals surface area contributed by atoms with Gasteiger partial charge in [0.2, 0.25) is 0 Å². The van der Waals surface area contributed by atoms with Gasteiger partial charge >= 0.3 is 0 Å². The molecule has 1 aromatic carbocycles. The van der Waals surface area contributed by atoms with Gasteiger partial charge in [0, 0.05) is 12.3 Å². The normalized spacial score (nSPS) is 10.6. The SMILES string of the molecule is CCn1c(CN)nnc1SCCOc1ccccc1OC. The fraction of sp³-hybridized carbons (Fsp3) is 0.429. The van der Waals surface area contributed by atoms with Gasteiger partial charge in [-0.3, -0.25) is 0 Å². The van der Waals surface area contributed by atoms with Crippen molar-refractivity contribution in [1.82, 2.24) is 14.8 Å². The number of hydrogen-bond acceptors (Lipinski definition) is 6. The van der Waals surface area contributed by atoms with Gasteiger partial charge in [0.15, 0.2) is 16.7 Å². The second-order valence-corrected chi connectivity index (χ2v) is 5.26. The zero-order valence-electron chi connectivity index (χ0n) is 12.3. The van der Waals surface area contributed by atoms with Gasteiger partial charge in [-0.15, -0.1) is 10.2 Å². The molecule has 7 heteroatoms. The summed E-state index contributed by atoms with van der Waals surface area (Å²) >= 11 is 1.61. The van der Waals surface area contributed by atoms with Crippen LogP contribution in [0, 0.1) is 0 Å². The van der Waals surface area contributed by atoms with Crippen molar-refractivity contribution in [3.8, 4) is 11.5 Å². The highest BCUT2D eigenvalue weighted by Gasteiger charge is 2.10. The first-order valence-electron chi connectivity index (χ1n) is 6.80. The van der Waals surface area contributed by atoms with Gasteiger partial charge in [0.25, 0.3) is 0 Å². The van der Waals surface area contributed by atoms with Crippen molar-refractivity contribution in [2.75, 3.05) is 19.5 Å². The molecule has 0 atom stereocenters. The third-order valence-corrected chi connectivity index (χ3v) is 3.86. The fourth-order valence-corrected chi connectivity index (χ4v) is 2.76. The monoisotopic (exact) mass is 308 g/mol. The number of aromatic nitrogens is 3. The molecule has 0 spiro atoms. The average molecular weight is 308 g/mol. The Hall–Kier alpha value is -1.73. The van der Waals surface area contributed by atoms with E-state index in [1.165, 1.54) is 0 Å². The van der Waals surface area contributed by atoms with Crippen LogP contribution in [-0.4, -0.2) is 34.2 Å². The zero-order chi connectivity index (χ0) is 15.1. The molecule has 0 amide bonds. The van der Waals surface area contributed by atoms with Gasteiger partial charge in [-0.05, 0) is 19.1 Å². The molecule has 0 saturated heterocycles. The number of benzene rings is 1. The van der Waals surface area contributed by atoms with Crippen LogP contribution >= 0.6 is 11.8 Å². The van der Waals surface area contributed by atoms with E-state index >= 15 is 0 Å². The van der Waals surface area contributed by atoms with Crippen molar-refractivity contribution in [2.45, 2.75) is 25.2 Å². The van der Waals surface area contributed by atoms with Crippen molar-refractivity contribution in [2.24, 2.45) is 5.73 Å². The predicted molar refractivity (Wildman–Crippen MR) is 82.8 cm³/mol. The molecule has 0 radical (unpaired) electrons. The molecule has 2 aromatic rings. The van der Waals surface area contributed by atoms with Gasteiger partial charge in [-0.2, -0.15) is 0 Å². The molecule has 2 N–H and O–H groups in total. The van der Waals surface area contributed by atoms with Crippen LogP contribution in [0.1, 0.15) is 12.7 Å². The van der Waals surface area contributed by atoms with Crippen molar-refractivity contribution in [3.63, 3.8) is 0 Å². The molecule has 0 fully saturated rings. The number of methoxy groups -OCH3 is 1. The summed E-state index contributed by atoms with van der Waals surface area (Å²) in [7, 11) is 1.63. The molecule has 2 rings (SSSR count). The molecule has 0 unspecified atom stereocenters. The van der Waals surface area contributed by atoms with E-state index in [0.29, 0.717) is 13.2 Å². The fourth-order valence-electron chi connectivity index (χ4n) is 1.92. The summed E-state index contributed by atoms with van der Waals surface area (Å²) in [6.45, 7) is 3.84. The van der Waals surface area contributed by atoms with Crippen LogP contribution in [0.4, 0.5) is 0 Å². The maximum Gasteiger partial charge on any atom is 0.191 e. The predicted octanol–water partition coefficient (Wildman–Crippen LogP) is 1.94. The van der Waals surface area contributed by atoms with Gasteiger partial charge < -0.3 is 19.8 Å². The number of thioether (sulfide) groups is 1. The Kier molecular flexibility index (Phi) is 5.89. The van der Waals surface area contributed by atoms with Crippen LogP contribution in [-0.2, 0) is 13.1 Å². The minimum absolute atomic E-state index is 0.402. The highest BCUT2D eigenvalue weighted by atomic mass is 32.2. The molecule has 21 heavy (non-hydrogen) atoms.